The van der Waals surface area contributed by atoms with Gasteiger partial charge in [0.05, 0.1) is 29.5 Å². The Morgan fingerprint density at radius 1 is 1.21 bits per heavy atom. The van der Waals surface area contributed by atoms with Crippen molar-refractivity contribution < 1.29 is 4.74 Å². The van der Waals surface area contributed by atoms with Crippen LogP contribution in [0.5, 0.6) is 5.75 Å². The number of nitrogens with zero attached hydrogens (tertiary/aromatic N) is 4. The molecule has 2 aromatic heterocycles. The Morgan fingerprint density at radius 2 is 2.04 bits per heavy atom. The number of imidazole rings is 1. The third-order valence-corrected chi connectivity index (χ3v) is 5.55. The average Bonchev–Trinajstić information content (AvgIpc) is 3.11. The molecule has 0 radical (unpaired) electrons. The highest BCUT2D eigenvalue weighted by molar-refractivity contribution is 7.98. The molecule has 0 aliphatic rings. The number of rotatable bonds is 5. The smallest absolute Gasteiger partial charge is 0.266 e. The molecule has 8 heteroatoms. The molecular weight excluding hydrogens is 396 g/mol. The molecular formula is C20H17ClN4O2S. The number of benzene rings is 2. The standard InChI is InChI=1S/C20H17ClN4O2S/c1-24-10-9-22-18(24)12-28-20-23-15-11-13(21)7-8-14(15)19(26)25(20)16-5-3-4-6-17(16)27-2/h3-11H,12H2,1-2H3. The molecule has 0 unspecified atom stereocenters. The van der Waals surface area contributed by atoms with Crippen LogP contribution in [0.3, 0.4) is 0 Å². The number of aromatic nitrogens is 4. The number of para-hydroxylation sites is 2. The molecule has 0 aliphatic carbocycles. The molecule has 2 heterocycles. The van der Waals surface area contributed by atoms with E-state index in [9.17, 15) is 4.79 Å². The van der Waals surface area contributed by atoms with Crippen molar-refractivity contribution in [2.45, 2.75) is 10.9 Å². The Balaban J connectivity index is 1.92. The van der Waals surface area contributed by atoms with Gasteiger partial charge in [-0.2, -0.15) is 0 Å². The first kappa shape index (κ1) is 18.6. The van der Waals surface area contributed by atoms with E-state index in [2.05, 4.69) is 4.98 Å². The molecule has 0 N–H and O–H groups in total. The molecule has 0 fully saturated rings. The van der Waals surface area contributed by atoms with Crippen LogP contribution in [0.25, 0.3) is 16.6 Å². The second kappa shape index (κ2) is 7.69. The molecule has 0 saturated heterocycles. The summed E-state index contributed by atoms with van der Waals surface area (Å²) < 4.78 is 9.00. The first-order valence-corrected chi connectivity index (χ1v) is 9.89. The predicted molar refractivity (Wildman–Crippen MR) is 112 cm³/mol. The SMILES string of the molecule is COc1ccccc1-n1c(SCc2nccn2C)nc2cc(Cl)ccc2c1=O. The molecule has 0 aliphatic heterocycles. The summed E-state index contributed by atoms with van der Waals surface area (Å²) in [7, 11) is 3.52. The van der Waals surface area contributed by atoms with Crippen LogP contribution >= 0.6 is 23.4 Å². The Bertz CT molecular complexity index is 1220. The van der Waals surface area contributed by atoms with Crippen molar-refractivity contribution in [3.05, 3.63) is 76.1 Å². The van der Waals surface area contributed by atoms with Gasteiger partial charge in [0.2, 0.25) is 0 Å². The highest BCUT2D eigenvalue weighted by Crippen LogP contribution is 2.29. The van der Waals surface area contributed by atoms with Crippen LogP contribution in [0.2, 0.25) is 5.02 Å². The topological polar surface area (TPSA) is 61.9 Å². The van der Waals surface area contributed by atoms with Gasteiger partial charge in [-0.3, -0.25) is 9.36 Å². The zero-order chi connectivity index (χ0) is 19.7. The Labute approximate surface area is 170 Å². The zero-order valence-corrected chi connectivity index (χ0v) is 16.9. The lowest BCUT2D eigenvalue weighted by Gasteiger charge is -2.15. The highest BCUT2D eigenvalue weighted by atomic mass is 35.5. The van der Waals surface area contributed by atoms with Crippen molar-refractivity contribution in [2.75, 3.05) is 7.11 Å². The maximum absolute atomic E-state index is 13.3. The summed E-state index contributed by atoms with van der Waals surface area (Å²) in [6.07, 6.45) is 3.63. The fraction of sp³-hybridized carbons (Fsp3) is 0.150. The summed E-state index contributed by atoms with van der Waals surface area (Å²) in [6, 6.07) is 12.5. The molecule has 0 bridgehead atoms. The molecule has 0 saturated carbocycles. The third-order valence-electron chi connectivity index (χ3n) is 4.38. The van der Waals surface area contributed by atoms with E-state index < -0.39 is 0 Å². The van der Waals surface area contributed by atoms with E-state index in [-0.39, 0.29) is 5.56 Å². The van der Waals surface area contributed by atoms with Gasteiger partial charge in [0.15, 0.2) is 5.16 Å². The fourth-order valence-corrected chi connectivity index (χ4v) is 4.10. The molecule has 142 valence electrons. The van der Waals surface area contributed by atoms with Gasteiger partial charge < -0.3 is 9.30 Å². The van der Waals surface area contributed by atoms with E-state index in [1.54, 1.807) is 36.1 Å². The number of fused-ring (bicyclic) bond motifs is 1. The number of hydrogen-bond acceptors (Lipinski definition) is 5. The second-order valence-corrected chi connectivity index (χ2v) is 7.49. The lowest BCUT2D eigenvalue weighted by atomic mass is 10.2. The second-order valence-electron chi connectivity index (χ2n) is 6.11. The number of halogens is 1. The van der Waals surface area contributed by atoms with Crippen molar-refractivity contribution >= 4 is 34.3 Å². The van der Waals surface area contributed by atoms with Gasteiger partial charge in [-0.15, -0.1) is 0 Å². The van der Waals surface area contributed by atoms with Crippen molar-refractivity contribution in [3.63, 3.8) is 0 Å². The minimum Gasteiger partial charge on any atom is -0.495 e. The van der Waals surface area contributed by atoms with Crippen LogP contribution in [0.1, 0.15) is 5.82 Å². The van der Waals surface area contributed by atoms with Gasteiger partial charge in [-0.1, -0.05) is 35.5 Å². The monoisotopic (exact) mass is 412 g/mol. The van der Waals surface area contributed by atoms with Crippen LogP contribution in [-0.2, 0) is 12.8 Å². The van der Waals surface area contributed by atoms with E-state index in [0.717, 1.165) is 5.82 Å². The highest BCUT2D eigenvalue weighted by Gasteiger charge is 2.17. The zero-order valence-electron chi connectivity index (χ0n) is 15.3. The molecule has 0 amide bonds. The Kier molecular flexibility index (Phi) is 5.11. The largest absolute Gasteiger partial charge is 0.495 e. The van der Waals surface area contributed by atoms with Gasteiger partial charge in [-0.25, -0.2) is 9.97 Å². The lowest BCUT2D eigenvalue weighted by molar-refractivity contribution is 0.411. The van der Waals surface area contributed by atoms with E-state index in [1.165, 1.54) is 11.8 Å². The number of hydrogen-bond donors (Lipinski definition) is 0. The normalized spacial score (nSPS) is 11.1. The van der Waals surface area contributed by atoms with Gasteiger partial charge in [0, 0.05) is 24.5 Å². The predicted octanol–water partition coefficient (Wildman–Crippen LogP) is 4.07. The van der Waals surface area contributed by atoms with Crippen LogP contribution in [0.4, 0.5) is 0 Å². The maximum atomic E-state index is 13.3. The fourth-order valence-electron chi connectivity index (χ4n) is 2.93. The molecule has 4 aromatic rings. The minimum atomic E-state index is -0.173. The van der Waals surface area contributed by atoms with Crippen LogP contribution in [-0.4, -0.2) is 26.2 Å². The summed E-state index contributed by atoms with van der Waals surface area (Å²) in [5.74, 6) is 2.05. The Hall–Kier alpha value is -2.77. The van der Waals surface area contributed by atoms with Gasteiger partial charge >= 0.3 is 0 Å². The van der Waals surface area contributed by atoms with Crippen LogP contribution in [0.15, 0.2) is 64.8 Å². The van der Waals surface area contributed by atoms with E-state index in [4.69, 9.17) is 21.3 Å². The summed E-state index contributed by atoms with van der Waals surface area (Å²) >= 11 is 7.56. The van der Waals surface area contributed by atoms with Crippen molar-refractivity contribution in [3.8, 4) is 11.4 Å². The summed E-state index contributed by atoms with van der Waals surface area (Å²) in [4.78, 5) is 22.4. The van der Waals surface area contributed by atoms with Gasteiger partial charge in [0.1, 0.15) is 11.6 Å². The van der Waals surface area contributed by atoms with Crippen molar-refractivity contribution in [2.24, 2.45) is 7.05 Å². The molecule has 0 spiro atoms. The molecule has 6 nitrogen and oxygen atoms in total. The lowest BCUT2D eigenvalue weighted by Crippen LogP contribution is -2.22. The van der Waals surface area contributed by atoms with E-state index in [1.807, 2.05) is 42.1 Å². The van der Waals surface area contributed by atoms with Crippen molar-refractivity contribution in [1.29, 1.82) is 0 Å². The van der Waals surface area contributed by atoms with Crippen LogP contribution in [0, 0.1) is 0 Å². The molecule has 0 atom stereocenters. The van der Waals surface area contributed by atoms with Gasteiger partial charge in [0.25, 0.3) is 5.56 Å². The number of thioether (sulfide) groups is 1. The molecule has 4 rings (SSSR count). The quantitative estimate of drug-likeness (QED) is 0.365. The third kappa shape index (κ3) is 3.39. The van der Waals surface area contributed by atoms with Gasteiger partial charge in [-0.05, 0) is 30.3 Å². The molecule has 28 heavy (non-hydrogen) atoms. The average molecular weight is 413 g/mol. The summed E-state index contributed by atoms with van der Waals surface area (Å²) in [6.45, 7) is 0. The summed E-state index contributed by atoms with van der Waals surface area (Å²) in [5, 5.41) is 1.58. The summed E-state index contributed by atoms with van der Waals surface area (Å²) in [5.41, 5.74) is 1.03. The molecule has 2 aromatic carbocycles. The van der Waals surface area contributed by atoms with E-state index in [0.29, 0.717) is 38.3 Å². The maximum Gasteiger partial charge on any atom is 0.266 e. The van der Waals surface area contributed by atoms with Crippen molar-refractivity contribution in [1.82, 2.24) is 19.1 Å². The first-order chi connectivity index (χ1) is 13.6. The van der Waals surface area contributed by atoms with Crippen LogP contribution < -0.4 is 10.3 Å². The number of methoxy groups -OCH3 is 1. The first-order valence-electron chi connectivity index (χ1n) is 8.53. The minimum absolute atomic E-state index is 0.173. The number of aryl methyl sites for hydroxylation is 1. The Morgan fingerprint density at radius 3 is 2.79 bits per heavy atom. The number of ether oxygens (including phenoxy) is 1. The van der Waals surface area contributed by atoms with E-state index >= 15 is 0 Å².